The normalized spacial score (nSPS) is 30.3. The number of anilines is 4. The maximum atomic E-state index is 6.43. The van der Waals surface area contributed by atoms with Crippen molar-refractivity contribution in [2.45, 2.75) is 95.7 Å². The highest BCUT2D eigenvalue weighted by Crippen LogP contribution is 2.76. The lowest BCUT2D eigenvalue weighted by molar-refractivity contribution is 0.120. The van der Waals surface area contributed by atoms with Gasteiger partial charge in [-0.2, -0.15) is 9.97 Å². The standard InChI is InChI=1S/C51H58Cl2N14/c1-30-18-44(57-28-55-30)65-26-43-41(42-22-51(42,43)27-65)23-54-49-60-48-40(33-9-13-37(53)14-10-33)20-31(15-17-67(48)62-49)19-38-21-45(58-29-56-38)64-24-34-5-6-35(25-64)46(34)59-50-61-47-39(4-2-3-16-66(47)63-50)32-7-11-36(52)12-8-32/h7-14,18,21,28-29,31,34-35,39-43,46H,2-6,15-17,19-20,22-27H2,1H3,(H,54,62)(H,59,63)/t31?,34?,35?,39-,40+,41-,42?,43?,46?,51?/m1/s1. The zero-order valence-electron chi connectivity index (χ0n) is 38.1. The molecule has 0 radical (unpaired) electrons. The molecule has 6 unspecified atom stereocenters. The van der Waals surface area contributed by atoms with E-state index in [2.05, 4.69) is 76.2 Å². The van der Waals surface area contributed by atoms with Gasteiger partial charge in [0.25, 0.3) is 0 Å². The molecule has 2 bridgehead atoms. The van der Waals surface area contributed by atoms with Crippen molar-refractivity contribution in [3.05, 3.63) is 118 Å². The first kappa shape index (κ1) is 41.8. The van der Waals surface area contributed by atoms with Crippen molar-refractivity contribution >= 4 is 46.7 Å². The van der Waals surface area contributed by atoms with E-state index in [0.29, 0.717) is 41.0 Å². The smallest absolute Gasteiger partial charge is 0.242 e. The van der Waals surface area contributed by atoms with Crippen LogP contribution in [0, 0.1) is 47.8 Å². The molecule has 16 heteroatoms. The highest BCUT2D eigenvalue weighted by Gasteiger charge is 2.76. The Labute approximate surface area is 401 Å². The van der Waals surface area contributed by atoms with Crippen LogP contribution in [0.3, 0.4) is 0 Å². The van der Waals surface area contributed by atoms with Crippen LogP contribution in [-0.4, -0.2) is 88.2 Å². The number of nitrogens with one attached hydrogen (secondary N) is 2. The predicted octanol–water partition coefficient (Wildman–Crippen LogP) is 8.68. The average Bonchev–Trinajstić information content (AvgIpc) is 3.50. The zero-order chi connectivity index (χ0) is 44.8. The lowest BCUT2D eigenvalue weighted by Crippen LogP contribution is -2.48. The van der Waals surface area contributed by atoms with Crippen molar-refractivity contribution in [1.29, 1.82) is 0 Å². The van der Waals surface area contributed by atoms with Crippen molar-refractivity contribution in [2.24, 2.45) is 40.9 Å². The molecule has 4 aliphatic heterocycles. The third-order valence-corrected chi connectivity index (χ3v) is 17.6. The molecule has 6 aromatic rings. The third-order valence-electron chi connectivity index (χ3n) is 17.1. The molecule has 67 heavy (non-hydrogen) atoms. The second-order valence-corrected chi connectivity index (χ2v) is 21.8. The fraction of sp³-hybridized carbons (Fsp3) is 0.529. The molecule has 3 saturated carbocycles. The van der Waals surface area contributed by atoms with Crippen molar-refractivity contribution in [2.75, 3.05) is 53.2 Å². The van der Waals surface area contributed by atoms with Gasteiger partial charge in [0.15, 0.2) is 0 Å². The van der Waals surface area contributed by atoms with E-state index in [1.54, 1.807) is 12.7 Å². The Morgan fingerprint density at radius 1 is 0.687 bits per heavy atom. The molecular formula is C51H58Cl2N14. The topological polar surface area (TPSA) is 144 Å². The summed E-state index contributed by atoms with van der Waals surface area (Å²) >= 11 is 12.7. The number of piperidine rings is 1. The molecule has 13 rings (SSSR count). The number of benzene rings is 2. The van der Waals surface area contributed by atoms with Gasteiger partial charge in [-0.25, -0.2) is 29.3 Å². The van der Waals surface area contributed by atoms with Gasteiger partial charge in [0.1, 0.15) is 35.9 Å². The van der Waals surface area contributed by atoms with Gasteiger partial charge in [-0.1, -0.05) is 53.9 Å². The van der Waals surface area contributed by atoms with E-state index in [0.717, 1.165) is 147 Å². The molecule has 2 N–H and O–H groups in total. The van der Waals surface area contributed by atoms with Gasteiger partial charge in [-0.3, -0.25) is 0 Å². The first-order chi connectivity index (χ1) is 32.8. The molecule has 2 saturated heterocycles. The average molecular weight is 938 g/mol. The van der Waals surface area contributed by atoms with E-state index in [1.807, 2.05) is 31.2 Å². The Hall–Kier alpha value is -5.34. The van der Waals surface area contributed by atoms with Crippen molar-refractivity contribution in [3.8, 4) is 0 Å². The lowest BCUT2D eigenvalue weighted by Gasteiger charge is -2.38. The van der Waals surface area contributed by atoms with Crippen LogP contribution in [0.2, 0.25) is 10.0 Å². The molecule has 2 aromatic carbocycles. The Balaban J connectivity index is 0.666. The van der Waals surface area contributed by atoms with Gasteiger partial charge in [0.05, 0.1) is 0 Å². The van der Waals surface area contributed by atoms with E-state index in [4.69, 9.17) is 53.3 Å². The summed E-state index contributed by atoms with van der Waals surface area (Å²) in [6, 6.07) is 21.3. The number of fused-ring (bicyclic) bond motifs is 4. The summed E-state index contributed by atoms with van der Waals surface area (Å²) in [6.45, 7) is 8.79. The summed E-state index contributed by atoms with van der Waals surface area (Å²) in [5, 5.41) is 19.3. The molecular weight excluding hydrogens is 880 g/mol. The molecule has 3 aliphatic carbocycles. The molecule has 5 fully saturated rings. The number of hydrogen-bond acceptors (Lipinski definition) is 12. The Bertz CT molecular complexity index is 2760. The molecule has 14 nitrogen and oxygen atoms in total. The number of aromatic nitrogens is 10. The zero-order valence-corrected chi connectivity index (χ0v) is 39.6. The van der Waals surface area contributed by atoms with Crippen LogP contribution in [0.15, 0.2) is 73.3 Å². The molecule has 8 heterocycles. The van der Waals surface area contributed by atoms with E-state index in [9.17, 15) is 0 Å². The van der Waals surface area contributed by atoms with E-state index in [-0.39, 0.29) is 11.8 Å². The van der Waals surface area contributed by atoms with Crippen LogP contribution in [0.25, 0.3) is 0 Å². The maximum absolute atomic E-state index is 6.43. The second-order valence-electron chi connectivity index (χ2n) is 21.0. The quantitative estimate of drug-likeness (QED) is 0.128. The van der Waals surface area contributed by atoms with Crippen LogP contribution in [-0.2, 0) is 19.5 Å². The highest BCUT2D eigenvalue weighted by molar-refractivity contribution is 6.30. The second kappa shape index (κ2) is 16.7. The fourth-order valence-electron chi connectivity index (χ4n) is 13.7. The SMILES string of the molecule is Cc1cc(N2CC3[C@H](CNc4nc5n(n4)CCC(Cc4cc(N6CC7CCC(C6)C7Nc6nc7n(n6)CCCC[C@@H]7c6ccc(Cl)cc6)ncn4)C[C@H]5c4ccc(Cl)cc4)C4CC34C2)ncn1. The minimum Gasteiger partial charge on any atom is -0.356 e. The van der Waals surface area contributed by atoms with Crippen LogP contribution in [0.4, 0.5) is 23.5 Å². The number of hydrogen-bond donors (Lipinski definition) is 2. The lowest BCUT2D eigenvalue weighted by atomic mass is 9.66. The molecule has 4 aromatic heterocycles. The van der Waals surface area contributed by atoms with E-state index >= 15 is 0 Å². The Morgan fingerprint density at radius 3 is 2.15 bits per heavy atom. The predicted molar refractivity (Wildman–Crippen MR) is 260 cm³/mol. The largest absolute Gasteiger partial charge is 0.356 e. The molecule has 9 atom stereocenters. The van der Waals surface area contributed by atoms with Crippen LogP contribution in [0.1, 0.15) is 97.4 Å². The number of aryl methyl sites for hydroxylation is 3. The van der Waals surface area contributed by atoms with Crippen LogP contribution in [0.5, 0.6) is 0 Å². The first-order valence-electron chi connectivity index (χ1n) is 24.8. The number of halogens is 2. The van der Waals surface area contributed by atoms with Crippen LogP contribution < -0.4 is 20.4 Å². The monoisotopic (exact) mass is 936 g/mol. The van der Waals surface area contributed by atoms with Gasteiger partial charge in [-0.15, -0.1) is 10.2 Å². The van der Waals surface area contributed by atoms with Gasteiger partial charge >= 0.3 is 0 Å². The number of rotatable bonds is 11. The number of nitrogens with zero attached hydrogens (tertiary/aromatic N) is 12. The van der Waals surface area contributed by atoms with E-state index in [1.165, 1.54) is 30.4 Å². The summed E-state index contributed by atoms with van der Waals surface area (Å²) in [4.78, 5) is 34.1. The summed E-state index contributed by atoms with van der Waals surface area (Å²) in [7, 11) is 0. The van der Waals surface area contributed by atoms with Crippen molar-refractivity contribution in [1.82, 2.24) is 49.5 Å². The summed E-state index contributed by atoms with van der Waals surface area (Å²) in [5.41, 5.74) is 5.08. The van der Waals surface area contributed by atoms with E-state index < -0.39 is 0 Å². The van der Waals surface area contributed by atoms with Crippen molar-refractivity contribution in [3.63, 3.8) is 0 Å². The highest BCUT2D eigenvalue weighted by atomic mass is 35.5. The molecule has 7 aliphatic rings. The third kappa shape index (κ3) is 7.70. The Morgan fingerprint density at radius 2 is 1.37 bits per heavy atom. The Kier molecular flexibility index (Phi) is 10.4. The fourth-order valence-corrected chi connectivity index (χ4v) is 14.0. The van der Waals surface area contributed by atoms with Gasteiger partial charge in [0.2, 0.25) is 11.9 Å². The van der Waals surface area contributed by atoms with Crippen LogP contribution >= 0.6 is 23.2 Å². The van der Waals surface area contributed by atoms with Gasteiger partial charge < -0.3 is 20.4 Å². The van der Waals surface area contributed by atoms with Gasteiger partial charge in [-0.05, 0) is 135 Å². The summed E-state index contributed by atoms with van der Waals surface area (Å²) < 4.78 is 4.32. The molecule has 0 amide bonds. The van der Waals surface area contributed by atoms with Crippen molar-refractivity contribution < 1.29 is 0 Å². The maximum Gasteiger partial charge on any atom is 0.242 e. The molecule has 1 spiro atoms. The van der Waals surface area contributed by atoms with Gasteiger partial charge in [0, 0.05) is 97.3 Å². The first-order valence-corrected chi connectivity index (χ1v) is 25.6. The minimum absolute atomic E-state index is 0.0962. The minimum atomic E-state index is 0.0962. The summed E-state index contributed by atoms with van der Waals surface area (Å²) in [6.07, 6.45) is 13.4. The summed E-state index contributed by atoms with van der Waals surface area (Å²) in [5.74, 6) is 9.52. The molecule has 346 valence electrons.